The van der Waals surface area contributed by atoms with Gasteiger partial charge in [-0.3, -0.25) is 10.1 Å². The maximum Gasteiger partial charge on any atom is 0.322 e. The maximum atomic E-state index is 12.0. The van der Waals surface area contributed by atoms with Crippen LogP contribution in [0.4, 0.5) is 4.79 Å². The molecular formula is C24H20N4O3S. The number of benzene rings is 2. The van der Waals surface area contributed by atoms with Crippen molar-refractivity contribution in [3.63, 3.8) is 0 Å². The third-order valence-corrected chi connectivity index (χ3v) is 6.61. The number of carbonyl (C=O) groups is 2. The van der Waals surface area contributed by atoms with Gasteiger partial charge in [-0.1, -0.05) is 42.5 Å². The third kappa shape index (κ3) is 3.92. The number of rotatable bonds is 6. The molecule has 3 heterocycles. The van der Waals surface area contributed by atoms with Crippen LogP contribution in [-0.2, 0) is 11.2 Å². The van der Waals surface area contributed by atoms with Gasteiger partial charge in [0.2, 0.25) is 5.88 Å². The highest BCUT2D eigenvalue weighted by Gasteiger charge is 2.41. The summed E-state index contributed by atoms with van der Waals surface area (Å²) in [5, 5.41) is 5.85. The van der Waals surface area contributed by atoms with Crippen LogP contribution in [-0.4, -0.2) is 27.4 Å². The second-order valence-corrected chi connectivity index (χ2v) is 8.89. The molecule has 0 bridgehead atoms. The third-order valence-electron chi connectivity index (χ3n) is 5.52. The number of nitrogens with zero attached hydrogens (tertiary/aromatic N) is 2. The first-order valence-electron chi connectivity index (χ1n) is 10.2. The van der Waals surface area contributed by atoms with Gasteiger partial charge in [0.1, 0.15) is 22.4 Å². The Morgan fingerprint density at radius 2 is 1.81 bits per heavy atom. The van der Waals surface area contributed by atoms with Gasteiger partial charge in [0.25, 0.3) is 5.91 Å². The van der Waals surface area contributed by atoms with Gasteiger partial charge < -0.3 is 10.1 Å². The smallest absolute Gasteiger partial charge is 0.322 e. The van der Waals surface area contributed by atoms with Crippen LogP contribution in [0.1, 0.15) is 18.9 Å². The van der Waals surface area contributed by atoms with E-state index in [1.54, 1.807) is 18.3 Å². The Morgan fingerprint density at radius 3 is 2.53 bits per heavy atom. The number of fused-ring (bicyclic) bond motifs is 1. The molecule has 2 aromatic heterocycles. The van der Waals surface area contributed by atoms with Gasteiger partial charge in [-0.25, -0.2) is 14.8 Å². The molecule has 1 aliphatic heterocycles. The number of hydrogen-bond donors (Lipinski definition) is 2. The lowest BCUT2D eigenvalue weighted by atomic mass is 9.93. The molecule has 160 valence electrons. The number of amides is 3. The predicted octanol–water partition coefficient (Wildman–Crippen LogP) is 4.68. The number of hydrogen-bond acceptors (Lipinski definition) is 6. The predicted molar refractivity (Wildman–Crippen MR) is 123 cm³/mol. The highest BCUT2D eigenvalue weighted by Crippen LogP contribution is 2.37. The summed E-state index contributed by atoms with van der Waals surface area (Å²) in [5.74, 6) is 0.888. The zero-order chi connectivity index (χ0) is 22.1. The Kier molecular flexibility index (Phi) is 5.07. The molecule has 3 amide bonds. The van der Waals surface area contributed by atoms with E-state index in [4.69, 9.17) is 4.74 Å². The van der Waals surface area contributed by atoms with Crippen LogP contribution in [0.3, 0.4) is 0 Å². The van der Waals surface area contributed by atoms with Crippen molar-refractivity contribution in [3.8, 4) is 22.1 Å². The Labute approximate surface area is 188 Å². The van der Waals surface area contributed by atoms with Crippen LogP contribution in [0.5, 0.6) is 11.6 Å². The zero-order valence-electron chi connectivity index (χ0n) is 17.3. The fourth-order valence-corrected chi connectivity index (χ4v) is 4.64. The lowest BCUT2D eigenvalue weighted by Crippen LogP contribution is -2.43. The van der Waals surface area contributed by atoms with Crippen molar-refractivity contribution in [1.82, 2.24) is 20.6 Å². The highest BCUT2D eigenvalue weighted by atomic mass is 32.1. The number of thiophene rings is 1. The first-order chi connectivity index (χ1) is 15.5. The van der Waals surface area contributed by atoms with E-state index in [1.165, 1.54) is 6.33 Å². The van der Waals surface area contributed by atoms with Gasteiger partial charge in [0.15, 0.2) is 0 Å². The number of nitrogens with one attached hydrogen (secondary N) is 2. The van der Waals surface area contributed by atoms with Crippen LogP contribution < -0.4 is 15.4 Å². The zero-order valence-corrected chi connectivity index (χ0v) is 18.1. The van der Waals surface area contributed by atoms with Crippen molar-refractivity contribution in [3.05, 3.63) is 72.6 Å². The van der Waals surface area contributed by atoms with E-state index in [0.29, 0.717) is 24.5 Å². The van der Waals surface area contributed by atoms with Gasteiger partial charge >= 0.3 is 6.03 Å². The first-order valence-corrected chi connectivity index (χ1v) is 11.0. The van der Waals surface area contributed by atoms with Gasteiger partial charge in [-0.2, -0.15) is 0 Å². The van der Waals surface area contributed by atoms with Crippen LogP contribution in [0.2, 0.25) is 0 Å². The van der Waals surface area contributed by atoms with E-state index in [1.807, 2.05) is 42.5 Å². The van der Waals surface area contributed by atoms with Gasteiger partial charge in [0, 0.05) is 4.88 Å². The van der Waals surface area contributed by atoms with Crippen molar-refractivity contribution in [2.45, 2.75) is 25.3 Å². The first kappa shape index (κ1) is 20.1. The monoisotopic (exact) mass is 444 g/mol. The molecule has 0 radical (unpaired) electrons. The quantitative estimate of drug-likeness (QED) is 0.421. The summed E-state index contributed by atoms with van der Waals surface area (Å²) in [7, 11) is 0. The number of ether oxygens (including phenoxy) is 1. The molecule has 1 fully saturated rings. The van der Waals surface area contributed by atoms with Crippen LogP contribution >= 0.6 is 11.3 Å². The minimum atomic E-state index is -0.881. The number of urea groups is 1. The highest BCUT2D eigenvalue weighted by molar-refractivity contribution is 7.21. The minimum Gasteiger partial charge on any atom is -0.438 e. The van der Waals surface area contributed by atoms with E-state index < -0.39 is 11.6 Å². The normalized spacial score (nSPS) is 17.9. The Bertz CT molecular complexity index is 1300. The van der Waals surface area contributed by atoms with Crippen molar-refractivity contribution < 1.29 is 14.3 Å². The minimum absolute atomic E-state index is 0.291. The number of carbonyl (C=O) groups excluding carboxylic acids is 2. The van der Waals surface area contributed by atoms with Crippen molar-refractivity contribution in [2.75, 3.05) is 0 Å². The molecule has 1 saturated heterocycles. The molecule has 1 atom stereocenters. The molecule has 5 rings (SSSR count). The number of imide groups is 1. The van der Waals surface area contributed by atoms with Gasteiger partial charge in [0.05, 0.1) is 5.39 Å². The van der Waals surface area contributed by atoms with Crippen LogP contribution in [0.15, 0.2) is 67.0 Å². The summed E-state index contributed by atoms with van der Waals surface area (Å²) < 4.78 is 6.06. The fraction of sp³-hybridized carbons (Fsp3) is 0.167. The molecule has 32 heavy (non-hydrogen) atoms. The molecule has 8 heteroatoms. The topological polar surface area (TPSA) is 93.2 Å². The van der Waals surface area contributed by atoms with Crippen LogP contribution in [0, 0.1) is 0 Å². The molecule has 0 spiro atoms. The standard InChI is InChI=1S/C24H20N4O3S/c1-24(22(29)27-23(30)28-24)12-11-15-7-9-17(10-8-15)31-20-18-13-19(16-5-3-2-4-6-16)32-21(18)26-14-25-20/h2-10,13-14H,11-12H2,1H3,(H2,27,28,29,30). The van der Waals surface area contributed by atoms with Crippen molar-refractivity contribution >= 4 is 33.5 Å². The summed E-state index contributed by atoms with van der Waals surface area (Å²) in [6.07, 6.45) is 2.67. The molecule has 2 aromatic carbocycles. The van der Waals surface area contributed by atoms with Crippen molar-refractivity contribution in [1.29, 1.82) is 0 Å². The summed E-state index contributed by atoms with van der Waals surface area (Å²) in [4.78, 5) is 34.1. The Hall–Kier alpha value is -3.78. The van der Waals surface area contributed by atoms with Crippen molar-refractivity contribution in [2.24, 2.45) is 0 Å². The second kappa shape index (κ2) is 8.05. The number of aromatic nitrogens is 2. The van der Waals surface area contributed by atoms with E-state index in [-0.39, 0.29) is 5.91 Å². The largest absolute Gasteiger partial charge is 0.438 e. The summed E-state index contributed by atoms with van der Waals surface area (Å²) in [5.41, 5.74) is 1.29. The molecular weight excluding hydrogens is 424 g/mol. The van der Waals surface area contributed by atoms with Gasteiger partial charge in [-0.05, 0) is 49.1 Å². The lowest BCUT2D eigenvalue weighted by molar-refractivity contribution is -0.123. The Balaban J connectivity index is 1.31. The molecule has 4 aromatic rings. The lowest BCUT2D eigenvalue weighted by Gasteiger charge is -2.20. The number of aryl methyl sites for hydroxylation is 1. The summed E-state index contributed by atoms with van der Waals surface area (Å²) in [6, 6.07) is 19.4. The fourth-order valence-electron chi connectivity index (χ4n) is 3.65. The van der Waals surface area contributed by atoms with E-state index >= 15 is 0 Å². The summed E-state index contributed by atoms with van der Waals surface area (Å²) >= 11 is 1.60. The summed E-state index contributed by atoms with van der Waals surface area (Å²) in [6.45, 7) is 1.73. The van der Waals surface area contributed by atoms with E-state index in [0.717, 1.165) is 26.2 Å². The Morgan fingerprint density at radius 1 is 1.03 bits per heavy atom. The molecule has 2 N–H and O–H groups in total. The second-order valence-electron chi connectivity index (χ2n) is 7.86. The molecule has 7 nitrogen and oxygen atoms in total. The SMILES string of the molecule is CC1(CCc2ccc(Oc3ncnc4sc(-c5ccccc5)cc34)cc2)NC(=O)NC1=O. The maximum absolute atomic E-state index is 12.0. The average molecular weight is 445 g/mol. The van der Waals surface area contributed by atoms with Crippen LogP contribution in [0.25, 0.3) is 20.7 Å². The molecule has 1 unspecified atom stereocenters. The molecule has 0 aliphatic carbocycles. The molecule has 0 saturated carbocycles. The van der Waals surface area contributed by atoms with Gasteiger partial charge in [-0.15, -0.1) is 11.3 Å². The van der Waals surface area contributed by atoms with E-state index in [2.05, 4.69) is 38.8 Å². The molecule has 1 aliphatic rings. The van der Waals surface area contributed by atoms with E-state index in [9.17, 15) is 9.59 Å². The average Bonchev–Trinajstić information content (AvgIpc) is 3.35.